The highest BCUT2D eigenvalue weighted by Crippen LogP contribution is 2.32. The molecule has 2 aromatic carbocycles. The topological polar surface area (TPSA) is 129 Å². The maximum atomic E-state index is 13.8. The number of H-pyrrole nitrogens is 1. The fraction of sp³-hybridized carbons (Fsp3) is 0.467. The predicted octanol–water partition coefficient (Wildman–Crippen LogP) is 3.89. The van der Waals surface area contributed by atoms with Gasteiger partial charge in [0.05, 0.1) is 10.5 Å². The summed E-state index contributed by atoms with van der Waals surface area (Å²) in [6, 6.07) is 8.39. The number of amides is 1. The quantitative estimate of drug-likeness (QED) is 0.342. The lowest BCUT2D eigenvalue weighted by atomic mass is 10.0. The molecule has 3 aromatic rings. The molecule has 11 nitrogen and oxygen atoms in total. The molecule has 3 aliphatic rings. The van der Waals surface area contributed by atoms with E-state index in [4.69, 9.17) is 9.47 Å². The summed E-state index contributed by atoms with van der Waals surface area (Å²) >= 11 is 0. The smallest absolute Gasteiger partial charge is 0.258 e. The molecule has 3 N–H and O–H groups in total. The Morgan fingerprint density at radius 3 is 2.41 bits per heavy atom. The molecule has 44 heavy (non-hydrogen) atoms. The Hall–Kier alpha value is -3.59. The van der Waals surface area contributed by atoms with Crippen LogP contribution in [-0.2, 0) is 32.5 Å². The maximum absolute atomic E-state index is 13.8. The van der Waals surface area contributed by atoms with E-state index in [1.807, 2.05) is 12.1 Å². The highest BCUT2D eigenvalue weighted by molar-refractivity contribution is 7.89. The fourth-order valence-electron chi connectivity index (χ4n) is 5.99. The van der Waals surface area contributed by atoms with E-state index >= 15 is 0 Å². The van der Waals surface area contributed by atoms with E-state index < -0.39 is 32.5 Å². The molecule has 0 unspecified atom stereocenters. The Bertz CT molecular complexity index is 1600. The number of aromatic nitrogens is 2. The molecular formula is C30H36F2N6O5S. The number of nitrogens with zero attached hydrogens (tertiary/aromatic N) is 3. The van der Waals surface area contributed by atoms with Gasteiger partial charge in [0.1, 0.15) is 11.6 Å². The summed E-state index contributed by atoms with van der Waals surface area (Å²) in [5, 5.41) is 13.6. The van der Waals surface area contributed by atoms with Crippen molar-refractivity contribution in [2.24, 2.45) is 0 Å². The average Bonchev–Trinajstić information content (AvgIpc) is 3.43. The second-order valence-electron chi connectivity index (χ2n) is 11.4. The second kappa shape index (κ2) is 12.8. The average molecular weight is 631 g/mol. The van der Waals surface area contributed by atoms with E-state index in [1.54, 1.807) is 6.07 Å². The van der Waals surface area contributed by atoms with Gasteiger partial charge in [-0.15, -0.1) is 0 Å². The summed E-state index contributed by atoms with van der Waals surface area (Å²) in [4.78, 5) is 15.5. The van der Waals surface area contributed by atoms with Gasteiger partial charge in [-0.1, -0.05) is 0 Å². The van der Waals surface area contributed by atoms with Crippen molar-refractivity contribution in [3.8, 4) is 0 Å². The molecular weight excluding hydrogens is 594 g/mol. The number of fused-ring (bicyclic) bond motifs is 1. The van der Waals surface area contributed by atoms with Crippen molar-refractivity contribution in [3.05, 3.63) is 64.9 Å². The van der Waals surface area contributed by atoms with Gasteiger partial charge in [0.2, 0.25) is 10.0 Å². The molecule has 0 atom stereocenters. The first kappa shape index (κ1) is 30.4. The number of rotatable bonds is 8. The standard InChI is InChI=1S/C30H36F2N6O5S/c1-37(22-7-12-43-13-8-22)23-2-3-25(28(17-23)33-21-5-10-42-11-6-21)30(39)34-29-26-18-38(9-4-27(26)35-36-29)44(40,41)24-15-19(31)14-20(32)16-24/h2-3,14-17,21-22,33H,4-13,18H2,1H3,(H2,34,35,36,39). The Labute approximate surface area is 254 Å². The van der Waals surface area contributed by atoms with Gasteiger partial charge in [0.15, 0.2) is 5.82 Å². The summed E-state index contributed by atoms with van der Waals surface area (Å²) in [6.07, 6.45) is 3.76. The van der Waals surface area contributed by atoms with Crippen LogP contribution < -0.4 is 15.5 Å². The normalized spacial score (nSPS) is 18.5. The second-order valence-corrected chi connectivity index (χ2v) is 13.3. The summed E-state index contributed by atoms with van der Waals surface area (Å²) < 4.78 is 66.3. The zero-order chi connectivity index (χ0) is 30.8. The molecule has 0 aliphatic carbocycles. The zero-order valence-corrected chi connectivity index (χ0v) is 25.3. The largest absolute Gasteiger partial charge is 0.381 e. The van der Waals surface area contributed by atoms with Gasteiger partial charge in [0, 0.05) is 93.8 Å². The summed E-state index contributed by atoms with van der Waals surface area (Å²) in [5.41, 5.74) is 3.28. The molecule has 2 fully saturated rings. The first-order valence-corrected chi connectivity index (χ1v) is 16.3. The monoisotopic (exact) mass is 630 g/mol. The van der Waals surface area contributed by atoms with Crippen LogP contribution in [0.25, 0.3) is 0 Å². The predicted molar refractivity (Wildman–Crippen MR) is 160 cm³/mol. The fourth-order valence-corrected chi connectivity index (χ4v) is 7.45. The molecule has 2 saturated heterocycles. The van der Waals surface area contributed by atoms with Crippen molar-refractivity contribution in [1.82, 2.24) is 14.5 Å². The van der Waals surface area contributed by atoms with Gasteiger partial charge in [-0.05, 0) is 56.0 Å². The molecule has 1 aromatic heterocycles. The third-order valence-electron chi connectivity index (χ3n) is 8.58. The number of carbonyl (C=O) groups excluding carboxylic acids is 1. The van der Waals surface area contributed by atoms with Crippen LogP contribution in [0.5, 0.6) is 0 Å². The zero-order valence-electron chi connectivity index (χ0n) is 24.4. The van der Waals surface area contributed by atoms with E-state index in [2.05, 4.69) is 32.8 Å². The summed E-state index contributed by atoms with van der Waals surface area (Å²) in [5.74, 6) is -2.16. The number of anilines is 3. The first-order chi connectivity index (χ1) is 21.2. The third kappa shape index (κ3) is 6.43. The Balaban J connectivity index is 1.24. The molecule has 14 heteroatoms. The number of ether oxygens (including phenoxy) is 2. The lowest BCUT2D eigenvalue weighted by Gasteiger charge is -2.33. The van der Waals surface area contributed by atoms with Gasteiger partial charge in [-0.2, -0.15) is 9.40 Å². The molecule has 0 bridgehead atoms. The van der Waals surface area contributed by atoms with E-state index in [0.29, 0.717) is 67.5 Å². The van der Waals surface area contributed by atoms with E-state index in [1.165, 1.54) is 0 Å². The number of benzene rings is 2. The molecule has 6 rings (SSSR count). The minimum Gasteiger partial charge on any atom is -0.381 e. The van der Waals surface area contributed by atoms with Gasteiger partial charge < -0.3 is 25.0 Å². The Kier molecular flexibility index (Phi) is 8.85. The van der Waals surface area contributed by atoms with Crippen LogP contribution in [-0.4, -0.2) is 80.9 Å². The maximum Gasteiger partial charge on any atom is 0.258 e. The Morgan fingerprint density at radius 1 is 1.02 bits per heavy atom. The highest BCUT2D eigenvalue weighted by atomic mass is 32.2. The van der Waals surface area contributed by atoms with Gasteiger partial charge >= 0.3 is 0 Å². The van der Waals surface area contributed by atoms with Crippen molar-refractivity contribution in [3.63, 3.8) is 0 Å². The van der Waals surface area contributed by atoms with Crippen molar-refractivity contribution in [2.45, 2.75) is 55.6 Å². The van der Waals surface area contributed by atoms with Crippen molar-refractivity contribution in [1.29, 1.82) is 0 Å². The first-order valence-electron chi connectivity index (χ1n) is 14.8. The Morgan fingerprint density at radius 2 is 1.70 bits per heavy atom. The van der Waals surface area contributed by atoms with Gasteiger partial charge in [-0.3, -0.25) is 9.89 Å². The minimum absolute atomic E-state index is 0.0876. The lowest BCUT2D eigenvalue weighted by molar-refractivity contribution is 0.0855. The number of sulfonamides is 1. The minimum atomic E-state index is -4.20. The van der Waals surface area contributed by atoms with Gasteiger partial charge in [-0.25, -0.2) is 17.2 Å². The molecule has 4 heterocycles. The molecule has 0 spiro atoms. The van der Waals surface area contributed by atoms with E-state index in [9.17, 15) is 22.0 Å². The van der Waals surface area contributed by atoms with Crippen LogP contribution in [0, 0.1) is 11.6 Å². The number of hydrogen-bond donors (Lipinski definition) is 3. The SMILES string of the molecule is CN(c1ccc(C(=O)Nc2n[nH]c3c2CN(S(=O)(=O)c2cc(F)cc(F)c2)CC3)c(NC2CCOCC2)c1)C1CCOCC1. The van der Waals surface area contributed by atoms with E-state index in [0.717, 1.165) is 47.8 Å². The molecule has 3 aliphatic heterocycles. The summed E-state index contributed by atoms with van der Waals surface area (Å²) in [7, 11) is -2.15. The van der Waals surface area contributed by atoms with Crippen LogP contribution in [0.15, 0.2) is 41.3 Å². The van der Waals surface area contributed by atoms with Crippen LogP contribution >= 0.6 is 0 Å². The number of hydrogen-bond acceptors (Lipinski definition) is 8. The van der Waals surface area contributed by atoms with Crippen LogP contribution in [0.2, 0.25) is 0 Å². The van der Waals surface area contributed by atoms with Crippen molar-refractivity contribution in [2.75, 3.05) is 55.6 Å². The van der Waals surface area contributed by atoms with Gasteiger partial charge in [0.25, 0.3) is 5.91 Å². The van der Waals surface area contributed by atoms with Crippen LogP contribution in [0.4, 0.5) is 26.0 Å². The molecule has 0 saturated carbocycles. The number of halogens is 2. The highest BCUT2D eigenvalue weighted by Gasteiger charge is 2.32. The third-order valence-corrected chi connectivity index (χ3v) is 10.4. The summed E-state index contributed by atoms with van der Waals surface area (Å²) in [6.45, 7) is 2.68. The number of aromatic amines is 1. The van der Waals surface area contributed by atoms with Crippen molar-refractivity contribution >= 4 is 33.1 Å². The number of nitrogens with one attached hydrogen (secondary N) is 3. The molecule has 1 amide bonds. The molecule has 236 valence electrons. The molecule has 0 radical (unpaired) electrons. The van der Waals surface area contributed by atoms with Crippen LogP contribution in [0.1, 0.15) is 47.3 Å². The van der Waals surface area contributed by atoms with E-state index in [-0.39, 0.29) is 24.9 Å². The lowest BCUT2D eigenvalue weighted by Crippen LogP contribution is -2.37. The van der Waals surface area contributed by atoms with Crippen molar-refractivity contribution < 1.29 is 31.5 Å². The number of carbonyl (C=O) groups is 1. The van der Waals surface area contributed by atoms with Crippen LogP contribution in [0.3, 0.4) is 0 Å².